The van der Waals surface area contributed by atoms with E-state index in [-0.39, 0.29) is 17.9 Å². The second-order valence-corrected chi connectivity index (χ2v) is 7.05. The van der Waals surface area contributed by atoms with Crippen molar-refractivity contribution in [2.24, 2.45) is 5.92 Å². The van der Waals surface area contributed by atoms with Crippen LogP contribution in [0.25, 0.3) is 0 Å². The Kier molecular flexibility index (Phi) is 4.78. The number of piperidine rings is 1. The zero-order chi connectivity index (χ0) is 15.5. The van der Waals surface area contributed by atoms with Gasteiger partial charge in [-0.1, -0.05) is 6.92 Å². The zero-order valence-corrected chi connectivity index (χ0v) is 13.8. The first kappa shape index (κ1) is 15.5. The first-order chi connectivity index (χ1) is 10.6. The number of amides is 2. The Morgan fingerprint density at radius 3 is 2.59 bits per heavy atom. The molecule has 0 spiro atoms. The van der Waals surface area contributed by atoms with E-state index in [2.05, 4.69) is 12.2 Å². The van der Waals surface area contributed by atoms with Crippen molar-refractivity contribution < 1.29 is 9.59 Å². The number of nitrogens with one attached hydrogen (secondary N) is 1. The Balaban J connectivity index is 1.53. The standard InChI is InChI=1S/C16H23N3O2S/c1-12-2-4-17-14(10-12)16(21)19-7-5-18(6-8-19)15(20)13-3-9-22-11-13/h3,9,11-12,14,17H,2,4-8,10H2,1H3. The molecule has 1 N–H and O–H groups in total. The van der Waals surface area contributed by atoms with Crippen molar-refractivity contribution in [1.29, 1.82) is 0 Å². The van der Waals surface area contributed by atoms with Crippen LogP contribution in [0.3, 0.4) is 0 Å². The van der Waals surface area contributed by atoms with Gasteiger partial charge >= 0.3 is 0 Å². The van der Waals surface area contributed by atoms with E-state index in [1.165, 1.54) is 11.3 Å². The average molecular weight is 321 g/mol. The summed E-state index contributed by atoms with van der Waals surface area (Å²) in [5.41, 5.74) is 0.757. The molecule has 1 aromatic heterocycles. The Morgan fingerprint density at radius 1 is 1.23 bits per heavy atom. The molecule has 120 valence electrons. The third-order valence-electron chi connectivity index (χ3n) is 4.61. The molecule has 2 amide bonds. The van der Waals surface area contributed by atoms with Gasteiger partial charge in [-0.3, -0.25) is 9.59 Å². The van der Waals surface area contributed by atoms with Gasteiger partial charge in [0.05, 0.1) is 11.6 Å². The second-order valence-electron chi connectivity index (χ2n) is 6.27. The van der Waals surface area contributed by atoms with E-state index in [1.807, 2.05) is 26.6 Å². The fourth-order valence-corrected chi connectivity index (χ4v) is 3.84. The molecule has 0 aliphatic carbocycles. The van der Waals surface area contributed by atoms with Gasteiger partial charge in [-0.2, -0.15) is 11.3 Å². The Bertz CT molecular complexity index is 524. The molecule has 2 saturated heterocycles. The molecule has 2 fully saturated rings. The van der Waals surface area contributed by atoms with Crippen molar-refractivity contribution in [3.63, 3.8) is 0 Å². The number of hydrogen-bond donors (Lipinski definition) is 1. The predicted molar refractivity (Wildman–Crippen MR) is 87.0 cm³/mol. The van der Waals surface area contributed by atoms with Crippen LogP contribution in [0.5, 0.6) is 0 Å². The number of nitrogens with zero attached hydrogens (tertiary/aromatic N) is 2. The van der Waals surface area contributed by atoms with E-state index in [1.54, 1.807) is 0 Å². The van der Waals surface area contributed by atoms with E-state index >= 15 is 0 Å². The molecule has 3 heterocycles. The number of carbonyl (C=O) groups is 2. The third-order valence-corrected chi connectivity index (χ3v) is 5.29. The summed E-state index contributed by atoms with van der Waals surface area (Å²) in [5, 5.41) is 7.13. The van der Waals surface area contributed by atoms with Crippen molar-refractivity contribution in [3.8, 4) is 0 Å². The van der Waals surface area contributed by atoms with E-state index in [0.717, 1.165) is 24.9 Å². The molecule has 1 aromatic rings. The highest BCUT2D eigenvalue weighted by Gasteiger charge is 2.31. The van der Waals surface area contributed by atoms with Crippen molar-refractivity contribution in [1.82, 2.24) is 15.1 Å². The molecule has 6 heteroatoms. The summed E-state index contributed by atoms with van der Waals surface area (Å²) in [6.07, 6.45) is 2.07. The summed E-state index contributed by atoms with van der Waals surface area (Å²) < 4.78 is 0. The lowest BCUT2D eigenvalue weighted by molar-refractivity contribution is -0.135. The number of rotatable bonds is 2. The fraction of sp³-hybridized carbons (Fsp3) is 0.625. The summed E-state index contributed by atoms with van der Waals surface area (Å²) in [6, 6.07) is 1.82. The van der Waals surface area contributed by atoms with Crippen molar-refractivity contribution >= 4 is 23.2 Å². The molecule has 3 rings (SSSR count). The molecule has 5 nitrogen and oxygen atoms in total. The smallest absolute Gasteiger partial charge is 0.254 e. The fourth-order valence-electron chi connectivity index (χ4n) is 3.21. The van der Waals surface area contributed by atoms with E-state index in [0.29, 0.717) is 32.1 Å². The molecule has 22 heavy (non-hydrogen) atoms. The Hall–Kier alpha value is -1.40. The lowest BCUT2D eigenvalue weighted by Crippen LogP contribution is -2.56. The van der Waals surface area contributed by atoms with Crippen molar-refractivity contribution in [2.75, 3.05) is 32.7 Å². The zero-order valence-electron chi connectivity index (χ0n) is 13.0. The van der Waals surface area contributed by atoms with E-state index in [9.17, 15) is 9.59 Å². The molecule has 0 radical (unpaired) electrons. The highest BCUT2D eigenvalue weighted by atomic mass is 32.1. The van der Waals surface area contributed by atoms with Gasteiger partial charge in [-0.15, -0.1) is 0 Å². The quantitative estimate of drug-likeness (QED) is 0.896. The van der Waals surface area contributed by atoms with Gasteiger partial charge in [0, 0.05) is 31.6 Å². The lowest BCUT2D eigenvalue weighted by Gasteiger charge is -2.38. The number of carbonyl (C=O) groups excluding carboxylic acids is 2. The molecule has 0 bridgehead atoms. The Labute approximate surface area is 135 Å². The molecule has 0 aromatic carbocycles. The van der Waals surface area contributed by atoms with E-state index < -0.39 is 0 Å². The van der Waals surface area contributed by atoms with Gasteiger partial charge in [-0.05, 0) is 36.8 Å². The van der Waals surface area contributed by atoms with Crippen LogP contribution >= 0.6 is 11.3 Å². The van der Waals surface area contributed by atoms with Crippen LogP contribution in [0.4, 0.5) is 0 Å². The second kappa shape index (κ2) is 6.79. The number of hydrogen-bond acceptors (Lipinski definition) is 4. The van der Waals surface area contributed by atoms with Crippen LogP contribution < -0.4 is 5.32 Å². The highest BCUT2D eigenvalue weighted by Crippen LogP contribution is 2.18. The summed E-state index contributed by atoms with van der Waals surface area (Å²) in [5.74, 6) is 0.892. The lowest BCUT2D eigenvalue weighted by atomic mass is 9.93. The summed E-state index contributed by atoms with van der Waals surface area (Å²) >= 11 is 1.54. The molecule has 2 atom stereocenters. The maximum atomic E-state index is 12.6. The minimum atomic E-state index is -0.0390. The first-order valence-corrected chi connectivity index (χ1v) is 8.93. The summed E-state index contributed by atoms with van der Waals surface area (Å²) in [7, 11) is 0. The molecule has 0 saturated carbocycles. The molecule has 2 aliphatic heterocycles. The monoisotopic (exact) mass is 321 g/mol. The average Bonchev–Trinajstić information content (AvgIpc) is 3.08. The van der Waals surface area contributed by atoms with Crippen molar-refractivity contribution in [2.45, 2.75) is 25.8 Å². The van der Waals surface area contributed by atoms with Crippen LogP contribution in [-0.4, -0.2) is 60.4 Å². The molecular formula is C16H23N3O2S. The molecule has 2 unspecified atom stereocenters. The predicted octanol–water partition coefficient (Wildman–Crippen LogP) is 1.42. The largest absolute Gasteiger partial charge is 0.338 e. The summed E-state index contributed by atoms with van der Waals surface area (Å²) in [6.45, 7) is 5.67. The third kappa shape index (κ3) is 3.33. The first-order valence-electron chi connectivity index (χ1n) is 7.99. The van der Waals surface area contributed by atoms with Crippen LogP contribution in [-0.2, 0) is 4.79 Å². The van der Waals surface area contributed by atoms with Gasteiger partial charge in [0.15, 0.2) is 0 Å². The van der Waals surface area contributed by atoms with Gasteiger partial charge in [0.2, 0.25) is 5.91 Å². The van der Waals surface area contributed by atoms with Gasteiger partial charge in [-0.25, -0.2) is 0 Å². The minimum absolute atomic E-state index is 0.0390. The number of thiophene rings is 1. The van der Waals surface area contributed by atoms with E-state index in [4.69, 9.17) is 0 Å². The van der Waals surface area contributed by atoms with Crippen molar-refractivity contribution in [3.05, 3.63) is 22.4 Å². The topological polar surface area (TPSA) is 52.7 Å². The normalized spacial score (nSPS) is 26.0. The van der Waals surface area contributed by atoms with Crippen LogP contribution in [0, 0.1) is 5.92 Å². The molecule has 2 aliphatic rings. The van der Waals surface area contributed by atoms with Gasteiger partial charge in [0.1, 0.15) is 0 Å². The Morgan fingerprint density at radius 2 is 1.95 bits per heavy atom. The summed E-state index contributed by atoms with van der Waals surface area (Å²) in [4.78, 5) is 28.6. The van der Waals surface area contributed by atoms with Crippen LogP contribution in [0.2, 0.25) is 0 Å². The minimum Gasteiger partial charge on any atom is -0.338 e. The maximum absolute atomic E-state index is 12.6. The van der Waals surface area contributed by atoms with Gasteiger partial charge in [0.25, 0.3) is 5.91 Å². The highest BCUT2D eigenvalue weighted by molar-refractivity contribution is 7.08. The van der Waals surface area contributed by atoms with Crippen LogP contribution in [0.15, 0.2) is 16.8 Å². The SMILES string of the molecule is CC1CCNC(C(=O)N2CCN(C(=O)c3ccsc3)CC2)C1. The number of piperazine rings is 1. The molecular weight excluding hydrogens is 298 g/mol. The van der Waals surface area contributed by atoms with Gasteiger partial charge < -0.3 is 15.1 Å². The maximum Gasteiger partial charge on any atom is 0.254 e. The van der Waals surface area contributed by atoms with Crippen LogP contribution in [0.1, 0.15) is 30.1 Å².